The maximum atomic E-state index is 12.0. The molecule has 2 rings (SSSR count). The van der Waals surface area contributed by atoms with Gasteiger partial charge in [-0.1, -0.05) is 35.2 Å². The van der Waals surface area contributed by atoms with E-state index in [9.17, 15) is 13.2 Å². The number of hydrogen-bond donors (Lipinski definition) is 1. The van der Waals surface area contributed by atoms with E-state index in [4.69, 9.17) is 0 Å². The van der Waals surface area contributed by atoms with Gasteiger partial charge in [0.05, 0.1) is 0 Å². The first-order valence-corrected chi connectivity index (χ1v) is 7.81. The highest BCUT2D eigenvalue weighted by Crippen LogP contribution is 2.29. The first-order chi connectivity index (χ1) is 9.96. The van der Waals surface area contributed by atoms with Crippen LogP contribution in [0.1, 0.15) is 12.5 Å². The van der Waals surface area contributed by atoms with Crippen molar-refractivity contribution >= 4 is 28.2 Å². The van der Waals surface area contributed by atoms with Crippen molar-refractivity contribution in [2.24, 2.45) is 0 Å². The van der Waals surface area contributed by atoms with Gasteiger partial charge in [0.2, 0.25) is 5.13 Å². The van der Waals surface area contributed by atoms with Crippen molar-refractivity contribution in [3.63, 3.8) is 0 Å². The number of halogens is 3. The molecular weight excluding hydrogens is 323 g/mol. The maximum absolute atomic E-state index is 12.0. The molecule has 21 heavy (non-hydrogen) atoms. The maximum Gasteiger partial charge on any atom is 0.573 e. The summed E-state index contributed by atoms with van der Waals surface area (Å²) in [6.45, 7) is 2.75. The van der Waals surface area contributed by atoms with Crippen molar-refractivity contribution in [2.45, 2.75) is 23.4 Å². The molecule has 0 aliphatic carbocycles. The van der Waals surface area contributed by atoms with Crippen LogP contribution in [0.5, 0.6) is 5.75 Å². The summed E-state index contributed by atoms with van der Waals surface area (Å²) in [6, 6.07) is 5.79. The number of aromatic nitrogens is 2. The van der Waals surface area contributed by atoms with E-state index in [0.29, 0.717) is 5.75 Å². The van der Waals surface area contributed by atoms with Crippen LogP contribution in [0.25, 0.3) is 0 Å². The van der Waals surface area contributed by atoms with Crippen molar-refractivity contribution in [3.05, 3.63) is 29.8 Å². The number of ether oxygens (including phenoxy) is 1. The van der Waals surface area contributed by atoms with Crippen LogP contribution in [0.2, 0.25) is 0 Å². The topological polar surface area (TPSA) is 47.0 Å². The number of rotatable bonds is 6. The first kappa shape index (κ1) is 15.9. The molecule has 0 amide bonds. The summed E-state index contributed by atoms with van der Waals surface area (Å²) in [5.41, 5.74) is 0.884. The summed E-state index contributed by atoms with van der Waals surface area (Å²) in [5.74, 6) is 0.383. The predicted octanol–water partition coefficient (Wildman–Crippen LogP) is 4.16. The smallest absolute Gasteiger partial charge is 0.406 e. The quantitative estimate of drug-likeness (QED) is 0.803. The minimum Gasteiger partial charge on any atom is -0.406 e. The van der Waals surface area contributed by atoms with Gasteiger partial charge in [0.1, 0.15) is 5.75 Å². The monoisotopic (exact) mass is 335 g/mol. The van der Waals surface area contributed by atoms with Crippen LogP contribution in [0.15, 0.2) is 28.6 Å². The Labute approximate surface area is 127 Å². The van der Waals surface area contributed by atoms with E-state index < -0.39 is 6.36 Å². The van der Waals surface area contributed by atoms with E-state index >= 15 is 0 Å². The Hall–Kier alpha value is -1.48. The molecule has 0 aliphatic rings. The highest BCUT2D eigenvalue weighted by molar-refractivity contribution is 8.00. The Kier molecular flexibility index (Phi) is 5.29. The molecule has 1 aromatic heterocycles. The van der Waals surface area contributed by atoms with Crippen molar-refractivity contribution in [3.8, 4) is 5.75 Å². The molecular formula is C12H12F3N3OS2. The van der Waals surface area contributed by atoms with Crippen molar-refractivity contribution in [1.82, 2.24) is 10.2 Å². The first-order valence-electron chi connectivity index (χ1n) is 6.01. The molecule has 1 aromatic carbocycles. The molecule has 0 saturated carbocycles. The second-order valence-electron chi connectivity index (χ2n) is 3.88. The number of nitrogens with zero attached hydrogens (tertiary/aromatic N) is 2. The summed E-state index contributed by atoms with van der Waals surface area (Å²) >= 11 is 2.92. The molecule has 0 bridgehead atoms. The van der Waals surface area contributed by atoms with E-state index in [2.05, 4.69) is 20.3 Å². The summed E-state index contributed by atoms with van der Waals surface area (Å²) in [5, 5.41) is 11.8. The highest BCUT2D eigenvalue weighted by atomic mass is 32.2. The van der Waals surface area contributed by atoms with Crippen LogP contribution in [-0.2, 0) is 5.75 Å². The van der Waals surface area contributed by atoms with Gasteiger partial charge in [-0.3, -0.25) is 0 Å². The van der Waals surface area contributed by atoms with Gasteiger partial charge in [-0.05, 0) is 24.6 Å². The predicted molar refractivity (Wildman–Crippen MR) is 76.8 cm³/mol. The lowest BCUT2D eigenvalue weighted by atomic mass is 10.2. The van der Waals surface area contributed by atoms with Crippen LogP contribution in [0, 0.1) is 0 Å². The van der Waals surface area contributed by atoms with Crippen LogP contribution in [0.4, 0.5) is 18.3 Å². The molecule has 0 atom stereocenters. The molecule has 114 valence electrons. The van der Waals surface area contributed by atoms with Gasteiger partial charge in [0.25, 0.3) is 0 Å². The summed E-state index contributed by atoms with van der Waals surface area (Å²) < 4.78 is 40.7. The molecule has 0 fully saturated rings. The molecule has 0 aliphatic heterocycles. The van der Waals surface area contributed by atoms with E-state index in [1.54, 1.807) is 12.1 Å². The number of alkyl halides is 3. The van der Waals surface area contributed by atoms with Crippen LogP contribution < -0.4 is 10.1 Å². The number of benzene rings is 1. The third kappa shape index (κ3) is 5.43. The lowest BCUT2D eigenvalue weighted by Gasteiger charge is -2.08. The van der Waals surface area contributed by atoms with Crippen LogP contribution >= 0.6 is 23.1 Å². The Morgan fingerprint density at radius 3 is 2.57 bits per heavy atom. The van der Waals surface area contributed by atoms with Crippen molar-refractivity contribution in [1.29, 1.82) is 0 Å². The van der Waals surface area contributed by atoms with E-state index in [1.807, 2.05) is 6.92 Å². The zero-order valence-electron chi connectivity index (χ0n) is 11.0. The second kappa shape index (κ2) is 6.99. The van der Waals surface area contributed by atoms with Crippen molar-refractivity contribution < 1.29 is 17.9 Å². The largest absolute Gasteiger partial charge is 0.573 e. The summed E-state index contributed by atoms with van der Waals surface area (Å²) in [4.78, 5) is 0. The minimum atomic E-state index is -4.66. The van der Waals surface area contributed by atoms with Crippen molar-refractivity contribution in [2.75, 3.05) is 11.9 Å². The van der Waals surface area contributed by atoms with Crippen LogP contribution in [-0.4, -0.2) is 23.1 Å². The molecule has 1 N–H and O–H groups in total. The Bertz CT molecular complexity index is 572. The highest BCUT2D eigenvalue weighted by Gasteiger charge is 2.30. The molecule has 1 heterocycles. The number of anilines is 1. The molecule has 0 unspecified atom stereocenters. The molecule has 0 radical (unpaired) electrons. The second-order valence-corrected chi connectivity index (χ2v) is 6.08. The third-order valence-electron chi connectivity index (χ3n) is 2.25. The molecule has 4 nitrogen and oxygen atoms in total. The Morgan fingerprint density at radius 2 is 1.95 bits per heavy atom. The molecule has 0 saturated heterocycles. The van der Waals surface area contributed by atoms with E-state index in [0.717, 1.165) is 21.6 Å². The zero-order chi connectivity index (χ0) is 15.3. The Balaban J connectivity index is 1.88. The molecule has 9 heteroatoms. The Morgan fingerprint density at radius 1 is 1.24 bits per heavy atom. The fourth-order valence-corrected chi connectivity index (χ4v) is 3.20. The zero-order valence-corrected chi connectivity index (χ0v) is 12.6. The average molecular weight is 335 g/mol. The van der Waals surface area contributed by atoms with E-state index in [1.165, 1.54) is 35.2 Å². The van der Waals surface area contributed by atoms with E-state index in [-0.39, 0.29) is 5.75 Å². The average Bonchev–Trinajstić information content (AvgIpc) is 2.84. The standard InChI is InChI=1S/C12H12F3N3OS2/c1-2-16-10-17-18-11(21-10)20-7-8-3-5-9(6-4-8)19-12(13,14)15/h3-6H,2,7H2,1H3,(H,16,17). The fraction of sp³-hybridized carbons (Fsp3) is 0.333. The van der Waals surface area contributed by atoms with Gasteiger partial charge in [-0.2, -0.15) is 0 Å². The normalized spacial score (nSPS) is 11.4. The number of hydrogen-bond acceptors (Lipinski definition) is 6. The summed E-state index contributed by atoms with van der Waals surface area (Å²) in [6.07, 6.45) is -4.66. The van der Waals surface area contributed by atoms with Gasteiger partial charge in [-0.25, -0.2) is 0 Å². The van der Waals surface area contributed by atoms with Crippen LogP contribution in [0.3, 0.4) is 0 Å². The SMILES string of the molecule is CCNc1nnc(SCc2ccc(OC(F)(F)F)cc2)s1. The van der Waals surface area contributed by atoms with Gasteiger partial charge in [-0.15, -0.1) is 23.4 Å². The fourth-order valence-electron chi connectivity index (χ4n) is 1.42. The summed E-state index contributed by atoms with van der Waals surface area (Å²) in [7, 11) is 0. The lowest BCUT2D eigenvalue weighted by molar-refractivity contribution is -0.274. The van der Waals surface area contributed by atoms with Gasteiger partial charge in [0.15, 0.2) is 4.34 Å². The lowest BCUT2D eigenvalue weighted by Crippen LogP contribution is -2.16. The van der Waals surface area contributed by atoms with Gasteiger partial charge >= 0.3 is 6.36 Å². The number of nitrogens with one attached hydrogen (secondary N) is 1. The molecule has 2 aromatic rings. The molecule has 0 spiro atoms. The number of thioether (sulfide) groups is 1. The third-order valence-corrected chi connectivity index (χ3v) is 4.34. The minimum absolute atomic E-state index is 0.221. The van der Waals surface area contributed by atoms with Gasteiger partial charge < -0.3 is 10.1 Å². The van der Waals surface area contributed by atoms with Gasteiger partial charge in [0, 0.05) is 12.3 Å².